The lowest BCUT2D eigenvalue weighted by atomic mass is 10.0. The molecule has 1 atom stereocenters. The SMILES string of the molecule is CCCCCCCCCC(CCCCC)OC(=O)N(C)c1ccccn1. The summed E-state index contributed by atoms with van der Waals surface area (Å²) >= 11 is 0. The van der Waals surface area contributed by atoms with Gasteiger partial charge in [0.05, 0.1) is 0 Å². The van der Waals surface area contributed by atoms with Crippen molar-refractivity contribution in [2.75, 3.05) is 11.9 Å². The van der Waals surface area contributed by atoms with E-state index in [2.05, 4.69) is 18.8 Å². The highest BCUT2D eigenvalue weighted by Gasteiger charge is 2.19. The molecule has 148 valence electrons. The number of nitrogens with zero attached hydrogens (tertiary/aromatic N) is 2. The molecule has 4 nitrogen and oxygen atoms in total. The Kier molecular flexibility index (Phi) is 12.6. The molecule has 0 fully saturated rings. The van der Waals surface area contributed by atoms with E-state index in [4.69, 9.17) is 4.74 Å². The Hall–Kier alpha value is -1.58. The Labute approximate surface area is 160 Å². The van der Waals surface area contributed by atoms with E-state index in [1.807, 2.05) is 18.2 Å². The summed E-state index contributed by atoms with van der Waals surface area (Å²) in [7, 11) is 1.72. The fraction of sp³-hybridized carbons (Fsp3) is 0.727. The molecule has 0 bridgehead atoms. The van der Waals surface area contributed by atoms with Gasteiger partial charge in [-0.3, -0.25) is 4.90 Å². The number of unbranched alkanes of at least 4 members (excludes halogenated alkanes) is 8. The van der Waals surface area contributed by atoms with Gasteiger partial charge >= 0.3 is 6.09 Å². The molecule has 4 heteroatoms. The molecule has 26 heavy (non-hydrogen) atoms. The lowest BCUT2D eigenvalue weighted by Crippen LogP contribution is -2.31. The Bertz CT molecular complexity index is 464. The predicted octanol–water partition coefficient (Wildman–Crippen LogP) is 6.74. The second-order valence-electron chi connectivity index (χ2n) is 7.16. The molecule has 0 spiro atoms. The molecule has 0 radical (unpaired) electrons. The van der Waals surface area contributed by atoms with E-state index < -0.39 is 0 Å². The van der Waals surface area contributed by atoms with Crippen LogP contribution in [-0.4, -0.2) is 24.2 Å². The molecule has 0 saturated heterocycles. The minimum Gasteiger partial charge on any atom is -0.446 e. The second-order valence-corrected chi connectivity index (χ2v) is 7.16. The number of rotatable bonds is 14. The van der Waals surface area contributed by atoms with Crippen LogP contribution in [0.5, 0.6) is 0 Å². The van der Waals surface area contributed by atoms with Gasteiger partial charge < -0.3 is 4.74 Å². The lowest BCUT2D eigenvalue weighted by molar-refractivity contribution is 0.0909. The zero-order chi connectivity index (χ0) is 19.0. The number of anilines is 1. The van der Waals surface area contributed by atoms with Crippen molar-refractivity contribution in [1.82, 2.24) is 4.98 Å². The molecule has 1 unspecified atom stereocenters. The number of hydrogen-bond acceptors (Lipinski definition) is 3. The van der Waals surface area contributed by atoms with Crippen LogP contribution in [0.15, 0.2) is 24.4 Å². The summed E-state index contributed by atoms with van der Waals surface area (Å²) in [5.41, 5.74) is 0. The summed E-state index contributed by atoms with van der Waals surface area (Å²) in [5.74, 6) is 0.626. The molecule has 1 aromatic rings. The van der Waals surface area contributed by atoms with E-state index in [9.17, 15) is 4.79 Å². The molecule has 0 aliphatic carbocycles. The van der Waals surface area contributed by atoms with Crippen molar-refractivity contribution in [2.45, 2.75) is 97.0 Å². The third kappa shape index (κ3) is 9.79. The first-order valence-electron chi connectivity index (χ1n) is 10.5. The van der Waals surface area contributed by atoms with Gasteiger partial charge in [0.2, 0.25) is 0 Å². The van der Waals surface area contributed by atoms with Gasteiger partial charge in [-0.2, -0.15) is 0 Å². The quantitative estimate of drug-likeness (QED) is 0.344. The van der Waals surface area contributed by atoms with Crippen LogP contribution < -0.4 is 4.90 Å². The van der Waals surface area contributed by atoms with Crippen LogP contribution in [0.1, 0.15) is 90.9 Å². The molecule has 1 heterocycles. The fourth-order valence-corrected chi connectivity index (χ4v) is 3.08. The van der Waals surface area contributed by atoms with Crippen molar-refractivity contribution in [2.24, 2.45) is 0 Å². The molecular weight excluding hydrogens is 324 g/mol. The number of carbonyl (C=O) groups excluding carboxylic acids is 1. The summed E-state index contributed by atoms with van der Waals surface area (Å²) in [5, 5.41) is 0. The van der Waals surface area contributed by atoms with Crippen LogP contribution >= 0.6 is 0 Å². The van der Waals surface area contributed by atoms with E-state index in [0.717, 1.165) is 25.7 Å². The van der Waals surface area contributed by atoms with Crippen molar-refractivity contribution in [3.8, 4) is 0 Å². The summed E-state index contributed by atoms with van der Waals surface area (Å²) in [4.78, 5) is 18.2. The summed E-state index contributed by atoms with van der Waals surface area (Å²) < 4.78 is 5.81. The van der Waals surface area contributed by atoms with Crippen LogP contribution in [0.25, 0.3) is 0 Å². The number of amides is 1. The molecule has 0 aliphatic rings. The monoisotopic (exact) mass is 362 g/mol. The molecular formula is C22H38N2O2. The average Bonchev–Trinajstić information content (AvgIpc) is 2.67. The Morgan fingerprint density at radius 1 is 0.962 bits per heavy atom. The first-order chi connectivity index (χ1) is 12.7. The molecule has 1 rings (SSSR count). The smallest absolute Gasteiger partial charge is 0.415 e. The predicted molar refractivity (Wildman–Crippen MR) is 110 cm³/mol. The summed E-state index contributed by atoms with van der Waals surface area (Å²) in [6, 6.07) is 5.55. The molecule has 0 aromatic carbocycles. The van der Waals surface area contributed by atoms with E-state index in [1.165, 1.54) is 56.3 Å². The third-order valence-corrected chi connectivity index (χ3v) is 4.79. The first-order valence-corrected chi connectivity index (χ1v) is 10.5. The molecule has 0 aliphatic heterocycles. The number of pyridine rings is 1. The summed E-state index contributed by atoms with van der Waals surface area (Å²) in [6.45, 7) is 4.45. The topological polar surface area (TPSA) is 42.4 Å². The van der Waals surface area contributed by atoms with Crippen molar-refractivity contribution < 1.29 is 9.53 Å². The van der Waals surface area contributed by atoms with Crippen molar-refractivity contribution in [1.29, 1.82) is 0 Å². The third-order valence-electron chi connectivity index (χ3n) is 4.79. The maximum Gasteiger partial charge on any atom is 0.415 e. The van der Waals surface area contributed by atoms with Crippen molar-refractivity contribution in [3.63, 3.8) is 0 Å². The van der Waals surface area contributed by atoms with Gasteiger partial charge in [0.1, 0.15) is 11.9 Å². The van der Waals surface area contributed by atoms with Crippen LogP contribution in [0.2, 0.25) is 0 Å². The Morgan fingerprint density at radius 2 is 1.54 bits per heavy atom. The zero-order valence-electron chi connectivity index (χ0n) is 17.1. The standard InChI is InChI=1S/C22H38N2O2/c1-4-6-8-9-10-11-13-17-20(16-12-7-5-2)26-22(25)24(3)21-18-14-15-19-23-21/h14-15,18-20H,4-13,16-17H2,1-3H3. The highest BCUT2D eigenvalue weighted by atomic mass is 16.6. The van der Waals surface area contributed by atoms with Gasteiger partial charge in [0, 0.05) is 13.2 Å². The molecule has 1 amide bonds. The number of carbonyl (C=O) groups is 1. The summed E-state index contributed by atoms with van der Waals surface area (Å²) in [6.07, 6.45) is 15.8. The van der Waals surface area contributed by atoms with Gasteiger partial charge in [0.15, 0.2) is 0 Å². The van der Waals surface area contributed by atoms with E-state index in [1.54, 1.807) is 13.2 Å². The van der Waals surface area contributed by atoms with E-state index >= 15 is 0 Å². The first kappa shape index (κ1) is 22.5. The average molecular weight is 363 g/mol. The number of hydrogen-bond donors (Lipinski definition) is 0. The molecule has 0 saturated carbocycles. The van der Waals surface area contributed by atoms with Crippen LogP contribution in [-0.2, 0) is 4.74 Å². The van der Waals surface area contributed by atoms with E-state index in [-0.39, 0.29) is 12.2 Å². The fourth-order valence-electron chi connectivity index (χ4n) is 3.08. The van der Waals surface area contributed by atoms with Gasteiger partial charge in [0.25, 0.3) is 0 Å². The van der Waals surface area contributed by atoms with Gasteiger partial charge in [-0.1, -0.05) is 71.3 Å². The van der Waals surface area contributed by atoms with E-state index in [0.29, 0.717) is 5.82 Å². The normalized spacial score (nSPS) is 12.0. The van der Waals surface area contributed by atoms with Crippen LogP contribution in [0, 0.1) is 0 Å². The minimum atomic E-state index is -0.298. The van der Waals surface area contributed by atoms with Crippen molar-refractivity contribution in [3.05, 3.63) is 24.4 Å². The minimum absolute atomic E-state index is 0.0239. The number of ether oxygens (including phenoxy) is 1. The Morgan fingerprint density at radius 3 is 2.15 bits per heavy atom. The van der Waals surface area contributed by atoms with Crippen LogP contribution in [0.3, 0.4) is 0 Å². The van der Waals surface area contributed by atoms with Gasteiger partial charge in [-0.05, 0) is 37.8 Å². The highest BCUT2D eigenvalue weighted by molar-refractivity contribution is 5.85. The zero-order valence-corrected chi connectivity index (χ0v) is 17.1. The maximum atomic E-state index is 12.5. The van der Waals surface area contributed by atoms with Crippen LogP contribution in [0.4, 0.5) is 10.6 Å². The largest absolute Gasteiger partial charge is 0.446 e. The highest BCUT2D eigenvalue weighted by Crippen LogP contribution is 2.18. The second kappa shape index (κ2) is 14.6. The van der Waals surface area contributed by atoms with Gasteiger partial charge in [-0.15, -0.1) is 0 Å². The molecule has 0 N–H and O–H groups in total. The Balaban J connectivity index is 2.39. The maximum absolute atomic E-state index is 12.5. The lowest BCUT2D eigenvalue weighted by Gasteiger charge is -2.22. The van der Waals surface area contributed by atoms with Gasteiger partial charge in [-0.25, -0.2) is 9.78 Å². The number of aromatic nitrogens is 1. The van der Waals surface area contributed by atoms with Crippen molar-refractivity contribution >= 4 is 11.9 Å². The molecule has 1 aromatic heterocycles.